The number of rotatable bonds is 7. The highest BCUT2D eigenvalue weighted by Crippen LogP contribution is 2.31. The predicted octanol–water partition coefficient (Wildman–Crippen LogP) is 4.31. The minimum absolute atomic E-state index is 0.0321. The molecule has 4 rings (SSSR count). The van der Waals surface area contributed by atoms with E-state index in [1.54, 1.807) is 7.11 Å². The fourth-order valence-electron chi connectivity index (χ4n) is 3.86. The number of pyridine rings is 2. The van der Waals surface area contributed by atoms with Gasteiger partial charge in [-0.3, -0.25) is 9.69 Å². The summed E-state index contributed by atoms with van der Waals surface area (Å²) < 4.78 is 5.16. The molecule has 0 unspecified atom stereocenters. The number of nitrogens with zero attached hydrogens (tertiary/aromatic N) is 3. The summed E-state index contributed by atoms with van der Waals surface area (Å²) in [6.07, 6.45) is 2.02. The lowest BCUT2D eigenvalue weighted by molar-refractivity contribution is -0.117. The van der Waals surface area contributed by atoms with Gasteiger partial charge in [-0.2, -0.15) is 0 Å². The van der Waals surface area contributed by atoms with Crippen molar-refractivity contribution in [3.63, 3.8) is 0 Å². The molecule has 0 radical (unpaired) electrons. The summed E-state index contributed by atoms with van der Waals surface area (Å²) >= 11 is 0. The van der Waals surface area contributed by atoms with Gasteiger partial charge < -0.3 is 15.4 Å². The SMILES string of the molecule is COc1ccc(NC(=O)CN2CCC[C@@H]2c2cccc(Nc3cccc(C)n3)n2)cc1. The third-order valence-corrected chi connectivity index (χ3v) is 5.34. The van der Waals surface area contributed by atoms with E-state index in [2.05, 4.69) is 20.5 Å². The zero-order valence-electron chi connectivity index (χ0n) is 17.8. The smallest absolute Gasteiger partial charge is 0.238 e. The van der Waals surface area contributed by atoms with Crippen LogP contribution in [0.15, 0.2) is 60.7 Å². The molecule has 0 saturated carbocycles. The van der Waals surface area contributed by atoms with Gasteiger partial charge in [0.2, 0.25) is 5.91 Å². The third kappa shape index (κ3) is 5.38. The van der Waals surface area contributed by atoms with Crippen molar-refractivity contribution in [2.75, 3.05) is 30.8 Å². The lowest BCUT2D eigenvalue weighted by Crippen LogP contribution is -2.33. The lowest BCUT2D eigenvalue weighted by Gasteiger charge is -2.24. The van der Waals surface area contributed by atoms with Crippen molar-refractivity contribution in [2.24, 2.45) is 0 Å². The molecule has 2 N–H and O–H groups in total. The van der Waals surface area contributed by atoms with Gasteiger partial charge in [-0.25, -0.2) is 9.97 Å². The number of likely N-dealkylation sites (tertiary alicyclic amines) is 1. The normalized spacial score (nSPS) is 16.1. The summed E-state index contributed by atoms with van der Waals surface area (Å²) in [4.78, 5) is 24.1. The van der Waals surface area contributed by atoms with Crippen molar-refractivity contribution in [2.45, 2.75) is 25.8 Å². The van der Waals surface area contributed by atoms with Crippen molar-refractivity contribution in [3.05, 3.63) is 72.1 Å². The van der Waals surface area contributed by atoms with E-state index >= 15 is 0 Å². The number of methoxy groups -OCH3 is 1. The molecule has 160 valence electrons. The van der Waals surface area contributed by atoms with Crippen molar-refractivity contribution in [3.8, 4) is 5.75 Å². The average Bonchev–Trinajstić information content (AvgIpc) is 3.22. The van der Waals surface area contributed by atoms with Gasteiger partial charge in [0.1, 0.15) is 17.4 Å². The molecule has 0 spiro atoms. The summed E-state index contributed by atoms with van der Waals surface area (Å²) in [6, 6.07) is 19.3. The number of carbonyl (C=O) groups excluding carboxylic acids is 1. The Balaban J connectivity index is 1.41. The Morgan fingerprint density at radius 3 is 2.55 bits per heavy atom. The van der Waals surface area contributed by atoms with Gasteiger partial charge in [0.05, 0.1) is 25.4 Å². The monoisotopic (exact) mass is 417 g/mol. The highest BCUT2D eigenvalue weighted by Gasteiger charge is 2.28. The standard InChI is InChI=1S/C24H27N5O2/c1-17-6-3-9-22(25-17)28-23-10-4-7-20(27-23)21-8-5-15-29(21)16-24(30)26-18-11-13-19(31-2)14-12-18/h3-4,6-7,9-14,21H,5,8,15-16H2,1-2H3,(H,26,30)(H,25,27,28)/t21-/m1/s1. The summed E-state index contributed by atoms with van der Waals surface area (Å²) in [5.41, 5.74) is 2.68. The first-order chi connectivity index (χ1) is 15.1. The number of aromatic nitrogens is 2. The van der Waals surface area contributed by atoms with E-state index in [1.165, 1.54) is 0 Å². The van der Waals surface area contributed by atoms with Gasteiger partial charge in [-0.15, -0.1) is 0 Å². The zero-order chi connectivity index (χ0) is 21.6. The summed E-state index contributed by atoms with van der Waals surface area (Å²) in [5.74, 6) is 2.25. The first kappa shape index (κ1) is 20.8. The molecule has 0 bridgehead atoms. The number of amides is 1. The average molecular weight is 418 g/mol. The van der Waals surface area contributed by atoms with Gasteiger partial charge in [-0.1, -0.05) is 12.1 Å². The van der Waals surface area contributed by atoms with Crippen LogP contribution in [0.4, 0.5) is 17.3 Å². The first-order valence-corrected chi connectivity index (χ1v) is 10.5. The molecule has 3 heterocycles. The van der Waals surface area contributed by atoms with Crippen LogP contribution in [0.25, 0.3) is 0 Å². The summed E-state index contributed by atoms with van der Waals surface area (Å²) in [6.45, 7) is 3.16. The number of benzene rings is 1. The van der Waals surface area contributed by atoms with Crippen LogP contribution in [0.5, 0.6) is 5.75 Å². The molecule has 1 aliphatic rings. The second kappa shape index (κ2) is 9.57. The Hall–Kier alpha value is -3.45. The van der Waals surface area contributed by atoms with Crippen LogP contribution < -0.4 is 15.4 Å². The highest BCUT2D eigenvalue weighted by atomic mass is 16.5. The van der Waals surface area contributed by atoms with E-state index in [0.29, 0.717) is 6.54 Å². The Morgan fingerprint density at radius 1 is 1.06 bits per heavy atom. The number of aryl methyl sites for hydroxylation is 1. The maximum atomic E-state index is 12.6. The molecule has 3 aromatic rings. The minimum atomic E-state index is -0.0321. The van der Waals surface area contributed by atoms with E-state index < -0.39 is 0 Å². The van der Waals surface area contributed by atoms with Gasteiger partial charge in [0.25, 0.3) is 0 Å². The maximum absolute atomic E-state index is 12.6. The Morgan fingerprint density at radius 2 is 1.81 bits per heavy atom. The summed E-state index contributed by atoms with van der Waals surface area (Å²) in [7, 11) is 1.62. The number of nitrogens with one attached hydrogen (secondary N) is 2. The number of anilines is 3. The molecule has 0 aliphatic carbocycles. The Labute approximate surface area is 182 Å². The van der Waals surface area contributed by atoms with E-state index in [4.69, 9.17) is 9.72 Å². The molecule has 2 aromatic heterocycles. The number of ether oxygens (including phenoxy) is 1. The first-order valence-electron chi connectivity index (χ1n) is 10.5. The topological polar surface area (TPSA) is 79.4 Å². The van der Waals surface area contributed by atoms with Gasteiger partial charge in [-0.05, 0) is 74.8 Å². The molecular weight excluding hydrogens is 390 g/mol. The third-order valence-electron chi connectivity index (χ3n) is 5.34. The molecule has 7 nitrogen and oxygen atoms in total. The molecule has 1 amide bonds. The van der Waals surface area contributed by atoms with Crippen molar-refractivity contribution < 1.29 is 9.53 Å². The molecule has 1 saturated heterocycles. The van der Waals surface area contributed by atoms with E-state index in [1.807, 2.05) is 67.6 Å². The number of hydrogen-bond acceptors (Lipinski definition) is 6. The van der Waals surface area contributed by atoms with Crippen LogP contribution >= 0.6 is 0 Å². The Bertz CT molecular complexity index is 1040. The second-order valence-electron chi connectivity index (χ2n) is 7.64. The van der Waals surface area contributed by atoms with E-state index in [-0.39, 0.29) is 11.9 Å². The van der Waals surface area contributed by atoms with Crippen LogP contribution in [-0.2, 0) is 4.79 Å². The molecule has 1 fully saturated rings. The molecule has 1 aliphatic heterocycles. The minimum Gasteiger partial charge on any atom is -0.497 e. The summed E-state index contributed by atoms with van der Waals surface area (Å²) in [5, 5.41) is 6.24. The van der Waals surface area contributed by atoms with Crippen molar-refractivity contribution >= 4 is 23.2 Å². The molecular formula is C24H27N5O2. The van der Waals surface area contributed by atoms with Crippen LogP contribution in [0, 0.1) is 6.92 Å². The zero-order valence-corrected chi connectivity index (χ0v) is 17.8. The molecule has 1 aromatic carbocycles. The fourth-order valence-corrected chi connectivity index (χ4v) is 3.86. The molecule has 7 heteroatoms. The second-order valence-corrected chi connectivity index (χ2v) is 7.64. The number of carbonyl (C=O) groups is 1. The Kier molecular flexibility index (Phi) is 6.43. The molecule has 31 heavy (non-hydrogen) atoms. The maximum Gasteiger partial charge on any atom is 0.238 e. The van der Waals surface area contributed by atoms with Gasteiger partial charge in [0, 0.05) is 11.4 Å². The molecule has 1 atom stereocenters. The number of hydrogen-bond donors (Lipinski definition) is 2. The van der Waals surface area contributed by atoms with Crippen molar-refractivity contribution in [1.82, 2.24) is 14.9 Å². The van der Waals surface area contributed by atoms with E-state index in [9.17, 15) is 4.79 Å². The highest BCUT2D eigenvalue weighted by molar-refractivity contribution is 5.92. The van der Waals surface area contributed by atoms with Gasteiger partial charge >= 0.3 is 0 Å². The fraction of sp³-hybridized carbons (Fsp3) is 0.292. The van der Waals surface area contributed by atoms with E-state index in [0.717, 1.165) is 53.8 Å². The van der Waals surface area contributed by atoms with Crippen LogP contribution in [0.2, 0.25) is 0 Å². The van der Waals surface area contributed by atoms with Crippen LogP contribution in [-0.4, -0.2) is 41.0 Å². The predicted molar refractivity (Wildman–Crippen MR) is 122 cm³/mol. The quantitative estimate of drug-likeness (QED) is 0.596. The van der Waals surface area contributed by atoms with Crippen LogP contribution in [0.3, 0.4) is 0 Å². The lowest BCUT2D eigenvalue weighted by atomic mass is 10.1. The van der Waals surface area contributed by atoms with Crippen LogP contribution in [0.1, 0.15) is 30.3 Å². The largest absolute Gasteiger partial charge is 0.497 e. The van der Waals surface area contributed by atoms with Crippen molar-refractivity contribution in [1.29, 1.82) is 0 Å². The van der Waals surface area contributed by atoms with Gasteiger partial charge in [0.15, 0.2) is 0 Å².